The molecule has 0 bridgehead atoms. The van der Waals surface area contributed by atoms with Gasteiger partial charge in [0.2, 0.25) is 11.2 Å². The van der Waals surface area contributed by atoms with Gasteiger partial charge in [0.25, 0.3) is 0 Å². The van der Waals surface area contributed by atoms with Gasteiger partial charge in [0.15, 0.2) is 0 Å². The van der Waals surface area contributed by atoms with Crippen molar-refractivity contribution in [2.24, 2.45) is 11.7 Å². The molecule has 2 atom stereocenters. The zero-order chi connectivity index (χ0) is 19.4. The van der Waals surface area contributed by atoms with Crippen molar-refractivity contribution in [3.05, 3.63) is 65.0 Å². The highest BCUT2D eigenvalue weighted by molar-refractivity contribution is 5.82. The topological polar surface area (TPSA) is 91.8 Å². The predicted molar refractivity (Wildman–Crippen MR) is 102 cm³/mol. The molecule has 0 aliphatic carbocycles. The molecule has 0 aliphatic rings. The van der Waals surface area contributed by atoms with Crippen molar-refractivity contribution < 1.29 is 18.7 Å². The van der Waals surface area contributed by atoms with Crippen molar-refractivity contribution in [3.63, 3.8) is 0 Å². The summed E-state index contributed by atoms with van der Waals surface area (Å²) in [6, 6.07) is 12.8. The minimum atomic E-state index is -0.709. The summed E-state index contributed by atoms with van der Waals surface area (Å²) in [4.78, 5) is 24.7. The normalized spacial score (nSPS) is 13.1. The Kier molecular flexibility index (Phi) is 5.57. The lowest BCUT2D eigenvalue weighted by Gasteiger charge is -2.16. The SMILES string of the molecule is CC[C@@H](C)[C@H](N)C(=O)Oc1ccc2c(=O)c(Oc3ccccc3)coc2c1. The molecule has 27 heavy (non-hydrogen) atoms. The Hall–Kier alpha value is -3.12. The van der Waals surface area contributed by atoms with E-state index in [1.54, 1.807) is 12.1 Å². The second-order valence-corrected chi connectivity index (χ2v) is 6.33. The van der Waals surface area contributed by atoms with E-state index in [0.29, 0.717) is 16.7 Å². The molecule has 140 valence electrons. The lowest BCUT2D eigenvalue weighted by atomic mass is 10.0. The fourth-order valence-corrected chi connectivity index (χ4v) is 2.51. The number of ether oxygens (including phenoxy) is 2. The Morgan fingerprint density at radius 3 is 2.59 bits per heavy atom. The number of carbonyl (C=O) groups excluding carboxylic acids is 1. The second kappa shape index (κ2) is 8.05. The van der Waals surface area contributed by atoms with Crippen LogP contribution in [0.1, 0.15) is 20.3 Å². The van der Waals surface area contributed by atoms with Crippen LogP contribution in [0.15, 0.2) is 64.0 Å². The van der Waals surface area contributed by atoms with Gasteiger partial charge in [0.1, 0.15) is 29.4 Å². The quantitative estimate of drug-likeness (QED) is 0.525. The third-order valence-electron chi connectivity index (χ3n) is 4.43. The second-order valence-electron chi connectivity index (χ2n) is 6.33. The maximum Gasteiger partial charge on any atom is 0.328 e. The van der Waals surface area contributed by atoms with E-state index in [1.807, 2.05) is 32.0 Å². The fourth-order valence-electron chi connectivity index (χ4n) is 2.51. The Morgan fingerprint density at radius 2 is 1.89 bits per heavy atom. The summed E-state index contributed by atoms with van der Waals surface area (Å²) in [6.45, 7) is 3.84. The predicted octanol–water partition coefficient (Wildman–Crippen LogP) is 3.86. The molecule has 3 rings (SSSR count). The highest BCUT2D eigenvalue weighted by Crippen LogP contribution is 2.24. The summed E-state index contributed by atoms with van der Waals surface area (Å²) in [7, 11) is 0. The summed E-state index contributed by atoms with van der Waals surface area (Å²) >= 11 is 0. The number of rotatable bonds is 6. The van der Waals surface area contributed by atoms with Crippen LogP contribution in [-0.2, 0) is 4.79 Å². The molecule has 0 unspecified atom stereocenters. The van der Waals surface area contributed by atoms with Crippen molar-refractivity contribution in [1.82, 2.24) is 0 Å². The number of para-hydroxylation sites is 1. The first-order valence-electron chi connectivity index (χ1n) is 8.75. The molecule has 6 heteroatoms. The minimum Gasteiger partial charge on any atom is -0.460 e. The summed E-state index contributed by atoms with van der Waals surface area (Å²) in [5.41, 5.74) is 5.87. The van der Waals surface area contributed by atoms with Gasteiger partial charge in [-0.25, -0.2) is 4.79 Å². The van der Waals surface area contributed by atoms with E-state index in [9.17, 15) is 9.59 Å². The van der Waals surface area contributed by atoms with Crippen molar-refractivity contribution in [1.29, 1.82) is 0 Å². The van der Waals surface area contributed by atoms with E-state index >= 15 is 0 Å². The van der Waals surface area contributed by atoms with Gasteiger partial charge in [-0.1, -0.05) is 38.5 Å². The molecule has 0 radical (unpaired) electrons. The van der Waals surface area contributed by atoms with E-state index < -0.39 is 12.0 Å². The maximum atomic E-state index is 12.6. The summed E-state index contributed by atoms with van der Waals surface area (Å²) in [5, 5.41) is 0.328. The number of fused-ring (bicyclic) bond motifs is 1. The first kappa shape index (κ1) is 18.7. The lowest BCUT2D eigenvalue weighted by molar-refractivity contribution is -0.137. The van der Waals surface area contributed by atoms with Crippen LogP contribution in [0.5, 0.6) is 17.2 Å². The number of hydrogen-bond acceptors (Lipinski definition) is 6. The zero-order valence-electron chi connectivity index (χ0n) is 15.2. The molecule has 2 N–H and O–H groups in total. The van der Waals surface area contributed by atoms with Crippen LogP contribution >= 0.6 is 0 Å². The lowest BCUT2D eigenvalue weighted by Crippen LogP contribution is -2.39. The number of benzene rings is 2. The minimum absolute atomic E-state index is 0.00795. The van der Waals surface area contributed by atoms with Gasteiger partial charge in [-0.2, -0.15) is 0 Å². The Morgan fingerprint density at radius 1 is 1.15 bits per heavy atom. The van der Waals surface area contributed by atoms with Gasteiger partial charge in [-0.3, -0.25) is 4.79 Å². The molecular formula is C21H21NO5. The number of hydrogen-bond donors (Lipinski definition) is 1. The van der Waals surface area contributed by atoms with Gasteiger partial charge in [0, 0.05) is 6.07 Å². The molecule has 0 fully saturated rings. The molecule has 0 spiro atoms. The Bertz CT molecular complexity index is 996. The zero-order valence-corrected chi connectivity index (χ0v) is 15.2. The number of esters is 1. The molecule has 0 saturated heterocycles. The molecule has 1 aromatic heterocycles. The highest BCUT2D eigenvalue weighted by Gasteiger charge is 2.22. The van der Waals surface area contributed by atoms with Crippen LogP contribution in [0.3, 0.4) is 0 Å². The highest BCUT2D eigenvalue weighted by atomic mass is 16.5. The number of carbonyl (C=O) groups is 1. The van der Waals surface area contributed by atoms with Crippen LogP contribution in [0.2, 0.25) is 0 Å². The van der Waals surface area contributed by atoms with Crippen LogP contribution in [-0.4, -0.2) is 12.0 Å². The van der Waals surface area contributed by atoms with E-state index in [2.05, 4.69) is 0 Å². The molecule has 0 saturated carbocycles. The van der Waals surface area contributed by atoms with Crippen LogP contribution in [0.4, 0.5) is 0 Å². The van der Waals surface area contributed by atoms with Gasteiger partial charge in [0.05, 0.1) is 5.39 Å². The Labute approximate surface area is 156 Å². The molecule has 3 aromatic rings. The van der Waals surface area contributed by atoms with Gasteiger partial charge >= 0.3 is 5.97 Å². The third kappa shape index (κ3) is 4.17. The van der Waals surface area contributed by atoms with Crippen molar-refractivity contribution in [2.45, 2.75) is 26.3 Å². The van der Waals surface area contributed by atoms with E-state index in [-0.39, 0.29) is 22.8 Å². The van der Waals surface area contributed by atoms with Crippen LogP contribution in [0, 0.1) is 5.92 Å². The third-order valence-corrected chi connectivity index (χ3v) is 4.43. The van der Waals surface area contributed by atoms with Crippen molar-refractivity contribution >= 4 is 16.9 Å². The van der Waals surface area contributed by atoms with E-state index in [1.165, 1.54) is 24.5 Å². The first-order chi connectivity index (χ1) is 13.0. The molecule has 0 amide bonds. The van der Waals surface area contributed by atoms with Gasteiger partial charge in [-0.05, 0) is 30.2 Å². The molecule has 6 nitrogen and oxygen atoms in total. The summed E-state index contributed by atoms with van der Waals surface area (Å²) in [6.07, 6.45) is 2.02. The number of nitrogens with two attached hydrogens (primary N) is 1. The average molecular weight is 367 g/mol. The maximum absolute atomic E-state index is 12.6. The molecule has 0 aliphatic heterocycles. The fraction of sp³-hybridized carbons (Fsp3) is 0.238. The van der Waals surface area contributed by atoms with Gasteiger partial charge in [-0.15, -0.1) is 0 Å². The smallest absolute Gasteiger partial charge is 0.328 e. The average Bonchev–Trinajstić information content (AvgIpc) is 2.69. The van der Waals surface area contributed by atoms with Crippen molar-refractivity contribution in [2.75, 3.05) is 0 Å². The van der Waals surface area contributed by atoms with Crippen LogP contribution < -0.4 is 20.6 Å². The first-order valence-corrected chi connectivity index (χ1v) is 8.75. The molecule has 1 heterocycles. The van der Waals surface area contributed by atoms with Gasteiger partial charge < -0.3 is 19.6 Å². The van der Waals surface area contributed by atoms with E-state index in [4.69, 9.17) is 19.6 Å². The molecular weight excluding hydrogens is 346 g/mol. The largest absolute Gasteiger partial charge is 0.460 e. The summed E-state index contributed by atoms with van der Waals surface area (Å²) < 4.78 is 16.4. The summed E-state index contributed by atoms with van der Waals surface area (Å²) in [5.74, 6) is 0.376. The monoisotopic (exact) mass is 367 g/mol. The van der Waals surface area contributed by atoms with E-state index in [0.717, 1.165) is 6.42 Å². The van der Waals surface area contributed by atoms with Crippen molar-refractivity contribution in [3.8, 4) is 17.2 Å². The van der Waals surface area contributed by atoms with Crippen LogP contribution in [0.25, 0.3) is 11.0 Å². The molecule has 2 aromatic carbocycles. The standard InChI is InChI=1S/C21H21NO5/c1-3-13(2)19(22)21(24)27-15-9-10-16-17(11-15)25-12-18(20(16)23)26-14-7-5-4-6-8-14/h4-13,19H,3,22H2,1-2H3/t13-,19+/m1/s1. The Balaban J connectivity index is 1.84.